The maximum Gasteiger partial charge on any atom is 0.276 e. The number of amides is 2. The maximum absolute atomic E-state index is 12.2. The van der Waals surface area contributed by atoms with Crippen LogP contribution in [-0.2, 0) is 10.2 Å². The largest absolute Gasteiger partial charge is 0.483 e. The highest BCUT2D eigenvalue weighted by Gasteiger charge is 2.15. The van der Waals surface area contributed by atoms with Crippen molar-refractivity contribution in [3.05, 3.63) is 63.1 Å². The molecule has 0 unspecified atom stereocenters. The van der Waals surface area contributed by atoms with E-state index in [1.807, 2.05) is 38.1 Å². The second kappa shape index (κ2) is 8.57. The fourth-order valence-corrected chi connectivity index (χ4v) is 3.31. The third kappa shape index (κ3) is 5.82. The van der Waals surface area contributed by atoms with Crippen LogP contribution in [-0.4, -0.2) is 18.4 Å². The number of ether oxygens (including phenoxy) is 1. The van der Waals surface area contributed by atoms with E-state index in [0.717, 1.165) is 21.2 Å². The van der Waals surface area contributed by atoms with Gasteiger partial charge in [0, 0.05) is 10.0 Å². The highest BCUT2D eigenvalue weighted by Crippen LogP contribution is 2.27. The van der Waals surface area contributed by atoms with E-state index in [1.165, 1.54) is 0 Å². The van der Waals surface area contributed by atoms with E-state index in [9.17, 15) is 9.59 Å². The summed E-state index contributed by atoms with van der Waals surface area (Å²) in [6.45, 7) is 9.96. The van der Waals surface area contributed by atoms with Gasteiger partial charge >= 0.3 is 0 Å². The van der Waals surface area contributed by atoms with Crippen molar-refractivity contribution >= 4 is 27.7 Å². The van der Waals surface area contributed by atoms with Crippen LogP contribution in [0.15, 0.2) is 40.9 Å². The molecular formula is C21H25BrN2O3. The number of carbonyl (C=O) groups is 2. The summed E-state index contributed by atoms with van der Waals surface area (Å²) in [5.41, 5.74) is 8.27. The minimum absolute atomic E-state index is 0.0177. The molecule has 0 aliphatic rings. The van der Waals surface area contributed by atoms with Crippen LogP contribution in [0.25, 0.3) is 0 Å². The van der Waals surface area contributed by atoms with Crippen LogP contribution in [0, 0.1) is 13.8 Å². The van der Waals surface area contributed by atoms with Crippen LogP contribution in [0.4, 0.5) is 0 Å². The molecule has 27 heavy (non-hydrogen) atoms. The molecular weight excluding hydrogens is 408 g/mol. The monoisotopic (exact) mass is 432 g/mol. The predicted molar refractivity (Wildman–Crippen MR) is 110 cm³/mol. The van der Waals surface area contributed by atoms with Gasteiger partial charge in [-0.05, 0) is 60.2 Å². The fourth-order valence-electron chi connectivity index (χ4n) is 2.62. The molecule has 144 valence electrons. The Kier molecular flexibility index (Phi) is 6.65. The highest BCUT2D eigenvalue weighted by atomic mass is 79.9. The van der Waals surface area contributed by atoms with Gasteiger partial charge in [-0.25, -0.2) is 0 Å². The first-order chi connectivity index (χ1) is 12.6. The number of halogens is 1. The van der Waals surface area contributed by atoms with Crippen molar-refractivity contribution in [2.24, 2.45) is 0 Å². The predicted octanol–water partition coefficient (Wildman–Crippen LogP) is 4.20. The van der Waals surface area contributed by atoms with Crippen LogP contribution in [0.1, 0.15) is 47.8 Å². The van der Waals surface area contributed by atoms with Gasteiger partial charge in [0.1, 0.15) is 5.75 Å². The average Bonchev–Trinajstić information content (AvgIpc) is 2.58. The molecule has 2 N–H and O–H groups in total. The van der Waals surface area contributed by atoms with Crippen LogP contribution in [0.5, 0.6) is 5.75 Å². The number of rotatable bonds is 4. The van der Waals surface area contributed by atoms with Crippen LogP contribution >= 0.6 is 15.9 Å². The lowest BCUT2D eigenvalue weighted by molar-refractivity contribution is -0.123. The van der Waals surface area contributed by atoms with E-state index in [-0.39, 0.29) is 17.9 Å². The molecule has 0 atom stereocenters. The van der Waals surface area contributed by atoms with Crippen molar-refractivity contribution in [2.45, 2.75) is 40.0 Å². The van der Waals surface area contributed by atoms with Gasteiger partial charge in [-0.2, -0.15) is 0 Å². The third-order valence-electron chi connectivity index (χ3n) is 4.10. The van der Waals surface area contributed by atoms with Crippen molar-refractivity contribution < 1.29 is 14.3 Å². The molecule has 0 aliphatic carbocycles. The van der Waals surface area contributed by atoms with Crippen molar-refractivity contribution in [3.63, 3.8) is 0 Å². The molecule has 0 aliphatic heterocycles. The van der Waals surface area contributed by atoms with Crippen LogP contribution < -0.4 is 15.6 Å². The Morgan fingerprint density at radius 1 is 1.00 bits per heavy atom. The van der Waals surface area contributed by atoms with E-state index in [4.69, 9.17) is 4.74 Å². The van der Waals surface area contributed by atoms with E-state index in [0.29, 0.717) is 11.3 Å². The van der Waals surface area contributed by atoms with E-state index < -0.39 is 5.91 Å². The minimum atomic E-state index is -0.434. The molecule has 0 bridgehead atoms. The van der Waals surface area contributed by atoms with Crippen molar-refractivity contribution in [2.75, 3.05) is 6.61 Å². The number of hydrogen-bond donors (Lipinski definition) is 2. The zero-order valence-corrected chi connectivity index (χ0v) is 17.9. The Bertz CT molecular complexity index is 816. The smallest absolute Gasteiger partial charge is 0.276 e. The highest BCUT2D eigenvalue weighted by molar-refractivity contribution is 9.10. The first kappa shape index (κ1) is 21.0. The fraction of sp³-hybridized carbons (Fsp3) is 0.333. The quantitative estimate of drug-likeness (QED) is 0.711. The molecule has 2 rings (SSSR count). The number of hydrazine groups is 1. The van der Waals surface area contributed by atoms with Gasteiger partial charge < -0.3 is 4.74 Å². The maximum atomic E-state index is 12.2. The molecule has 0 saturated carbocycles. The van der Waals surface area contributed by atoms with Gasteiger partial charge in [0.25, 0.3) is 11.8 Å². The van der Waals surface area contributed by atoms with Crippen molar-refractivity contribution in [1.29, 1.82) is 0 Å². The molecule has 0 aromatic heterocycles. The van der Waals surface area contributed by atoms with Gasteiger partial charge in [0.05, 0.1) is 0 Å². The lowest BCUT2D eigenvalue weighted by Gasteiger charge is -2.19. The van der Waals surface area contributed by atoms with Crippen LogP contribution in [0.2, 0.25) is 0 Å². The summed E-state index contributed by atoms with van der Waals surface area (Å²) >= 11 is 3.42. The molecule has 2 amide bonds. The van der Waals surface area contributed by atoms with Crippen molar-refractivity contribution in [3.8, 4) is 5.75 Å². The summed E-state index contributed by atoms with van der Waals surface area (Å²) in [4.78, 5) is 24.1. The molecule has 0 fully saturated rings. The first-order valence-corrected chi connectivity index (χ1v) is 9.46. The topological polar surface area (TPSA) is 67.4 Å². The molecule has 6 heteroatoms. The standard InChI is InChI=1S/C21H25BrN2O3/c1-13-10-17(22)11-14(2)19(13)27-12-18(25)23-24-20(26)15-6-8-16(9-7-15)21(3,4)5/h6-11H,12H2,1-5H3,(H,23,25)(H,24,26). The van der Waals surface area contributed by atoms with Gasteiger partial charge in [0.15, 0.2) is 6.61 Å². The van der Waals surface area contributed by atoms with Crippen LogP contribution in [0.3, 0.4) is 0 Å². The molecule has 5 nitrogen and oxygen atoms in total. The van der Waals surface area contributed by atoms with E-state index in [2.05, 4.69) is 47.6 Å². The summed E-state index contributed by atoms with van der Waals surface area (Å²) in [5.74, 6) is -0.145. The van der Waals surface area contributed by atoms with Gasteiger partial charge in [-0.1, -0.05) is 48.8 Å². The summed E-state index contributed by atoms with van der Waals surface area (Å²) in [6, 6.07) is 11.2. The molecule has 0 spiro atoms. The Labute approximate surface area is 168 Å². The minimum Gasteiger partial charge on any atom is -0.483 e. The second-order valence-electron chi connectivity index (χ2n) is 7.49. The summed E-state index contributed by atoms with van der Waals surface area (Å²) in [6.07, 6.45) is 0. The molecule has 0 saturated heterocycles. The zero-order chi connectivity index (χ0) is 20.2. The zero-order valence-electron chi connectivity index (χ0n) is 16.3. The summed E-state index contributed by atoms with van der Waals surface area (Å²) in [5, 5.41) is 0. The van der Waals surface area contributed by atoms with Gasteiger partial charge in [0.2, 0.25) is 0 Å². The lowest BCUT2D eigenvalue weighted by atomic mass is 9.87. The van der Waals surface area contributed by atoms with E-state index >= 15 is 0 Å². The Balaban J connectivity index is 1.87. The Morgan fingerprint density at radius 2 is 1.56 bits per heavy atom. The number of benzene rings is 2. The number of carbonyl (C=O) groups excluding carboxylic acids is 2. The molecule has 0 heterocycles. The van der Waals surface area contributed by atoms with Gasteiger partial charge in [-0.15, -0.1) is 0 Å². The second-order valence-corrected chi connectivity index (χ2v) is 8.40. The third-order valence-corrected chi connectivity index (χ3v) is 4.56. The van der Waals surface area contributed by atoms with E-state index in [1.54, 1.807) is 12.1 Å². The summed E-state index contributed by atoms with van der Waals surface area (Å²) in [7, 11) is 0. The van der Waals surface area contributed by atoms with Gasteiger partial charge in [-0.3, -0.25) is 20.4 Å². The average molecular weight is 433 g/mol. The number of nitrogens with one attached hydrogen (secondary N) is 2. The SMILES string of the molecule is Cc1cc(Br)cc(C)c1OCC(=O)NNC(=O)c1ccc(C(C)(C)C)cc1. The normalized spacial score (nSPS) is 11.0. The number of aryl methyl sites for hydroxylation is 2. The molecule has 0 radical (unpaired) electrons. The summed E-state index contributed by atoms with van der Waals surface area (Å²) < 4.78 is 6.55. The molecule has 2 aromatic rings. The van der Waals surface area contributed by atoms with Crippen molar-refractivity contribution in [1.82, 2.24) is 10.9 Å². The first-order valence-electron chi connectivity index (χ1n) is 8.67. The molecule has 2 aromatic carbocycles. The Hall–Kier alpha value is -2.34. The Morgan fingerprint density at radius 3 is 2.07 bits per heavy atom. The number of hydrogen-bond acceptors (Lipinski definition) is 3. The lowest BCUT2D eigenvalue weighted by Crippen LogP contribution is -2.43.